The van der Waals surface area contributed by atoms with E-state index in [1.165, 1.54) is 0 Å². The van der Waals surface area contributed by atoms with E-state index in [0.29, 0.717) is 6.42 Å². The first-order valence-electron chi connectivity index (χ1n) is 6.23. The second-order valence-corrected chi connectivity index (χ2v) is 4.66. The van der Waals surface area contributed by atoms with Gasteiger partial charge in [-0.05, 0) is 32.4 Å². The van der Waals surface area contributed by atoms with Crippen LogP contribution in [-0.4, -0.2) is 36.1 Å². The number of carboxylic acids is 1. The van der Waals surface area contributed by atoms with Gasteiger partial charge in [-0.25, -0.2) is 4.79 Å². The Kier molecular flexibility index (Phi) is 5.17. The van der Waals surface area contributed by atoms with Crippen LogP contribution in [0.2, 0.25) is 0 Å². The maximum atomic E-state index is 12.3. The SMILES string of the molecule is C#CCC(NC(=O)C1(CC)CCNCC1)C(=O)O. The number of rotatable bonds is 5. The van der Waals surface area contributed by atoms with Crippen LogP contribution in [0.1, 0.15) is 32.6 Å². The van der Waals surface area contributed by atoms with Crippen molar-refractivity contribution in [2.45, 2.75) is 38.6 Å². The smallest absolute Gasteiger partial charge is 0.327 e. The molecular weight excluding hydrogens is 232 g/mol. The number of carbonyl (C=O) groups is 2. The molecule has 5 heteroatoms. The Bertz CT molecular complexity index is 354. The molecular formula is C13H20N2O3. The molecule has 1 aliphatic heterocycles. The monoisotopic (exact) mass is 252 g/mol. The zero-order chi connectivity index (χ0) is 13.6. The molecule has 1 aliphatic rings. The van der Waals surface area contributed by atoms with E-state index in [0.717, 1.165) is 25.9 Å². The van der Waals surface area contributed by atoms with Gasteiger partial charge in [0.1, 0.15) is 6.04 Å². The molecule has 100 valence electrons. The molecule has 3 N–H and O–H groups in total. The Morgan fingerprint density at radius 1 is 1.50 bits per heavy atom. The highest BCUT2D eigenvalue weighted by Crippen LogP contribution is 2.32. The van der Waals surface area contributed by atoms with Crippen LogP contribution in [0.3, 0.4) is 0 Å². The average Bonchev–Trinajstić information content (AvgIpc) is 2.38. The standard InChI is InChI=1S/C13H20N2O3/c1-3-5-10(11(16)17)15-12(18)13(4-2)6-8-14-9-7-13/h1,10,14H,4-9H2,2H3,(H,15,18)(H,16,17). The molecule has 1 saturated heterocycles. The van der Waals surface area contributed by atoms with Gasteiger partial charge in [-0.3, -0.25) is 4.79 Å². The third kappa shape index (κ3) is 3.23. The number of nitrogens with one attached hydrogen (secondary N) is 2. The van der Waals surface area contributed by atoms with Crippen molar-refractivity contribution < 1.29 is 14.7 Å². The van der Waals surface area contributed by atoms with E-state index < -0.39 is 17.4 Å². The van der Waals surface area contributed by atoms with Crippen molar-refractivity contribution in [1.29, 1.82) is 0 Å². The minimum Gasteiger partial charge on any atom is -0.480 e. The van der Waals surface area contributed by atoms with Crippen molar-refractivity contribution in [1.82, 2.24) is 10.6 Å². The van der Waals surface area contributed by atoms with Gasteiger partial charge in [0.15, 0.2) is 0 Å². The predicted octanol–water partition coefficient (Wildman–Crippen LogP) is 0.359. The molecule has 0 saturated carbocycles. The molecule has 0 aromatic rings. The van der Waals surface area contributed by atoms with Gasteiger partial charge in [0.25, 0.3) is 0 Å². The summed E-state index contributed by atoms with van der Waals surface area (Å²) in [6.45, 7) is 3.53. The zero-order valence-electron chi connectivity index (χ0n) is 10.7. The maximum Gasteiger partial charge on any atom is 0.327 e. The Balaban J connectivity index is 2.72. The van der Waals surface area contributed by atoms with Crippen LogP contribution in [-0.2, 0) is 9.59 Å². The lowest BCUT2D eigenvalue weighted by Gasteiger charge is -2.36. The van der Waals surface area contributed by atoms with E-state index in [2.05, 4.69) is 16.6 Å². The van der Waals surface area contributed by atoms with Crippen molar-refractivity contribution in [2.75, 3.05) is 13.1 Å². The minimum atomic E-state index is -1.08. The predicted molar refractivity (Wildman–Crippen MR) is 67.8 cm³/mol. The van der Waals surface area contributed by atoms with Gasteiger partial charge < -0.3 is 15.7 Å². The maximum absolute atomic E-state index is 12.3. The van der Waals surface area contributed by atoms with Gasteiger partial charge in [-0.1, -0.05) is 6.92 Å². The Hall–Kier alpha value is -1.54. The van der Waals surface area contributed by atoms with Gasteiger partial charge in [-0.2, -0.15) is 0 Å². The van der Waals surface area contributed by atoms with Gasteiger partial charge >= 0.3 is 5.97 Å². The Morgan fingerprint density at radius 3 is 2.56 bits per heavy atom. The first-order chi connectivity index (χ1) is 8.55. The van der Waals surface area contributed by atoms with E-state index in [-0.39, 0.29) is 12.3 Å². The summed E-state index contributed by atoms with van der Waals surface area (Å²) in [5.74, 6) is 1.01. The van der Waals surface area contributed by atoms with Gasteiger partial charge in [-0.15, -0.1) is 12.3 Å². The molecule has 1 amide bonds. The van der Waals surface area contributed by atoms with E-state index in [1.54, 1.807) is 0 Å². The van der Waals surface area contributed by atoms with Crippen LogP contribution >= 0.6 is 0 Å². The third-order valence-electron chi connectivity index (χ3n) is 3.64. The van der Waals surface area contributed by atoms with Crippen molar-refractivity contribution in [3.05, 3.63) is 0 Å². The highest BCUT2D eigenvalue weighted by molar-refractivity contribution is 5.87. The van der Waals surface area contributed by atoms with E-state index in [9.17, 15) is 9.59 Å². The summed E-state index contributed by atoms with van der Waals surface area (Å²) in [7, 11) is 0. The topological polar surface area (TPSA) is 78.4 Å². The number of hydrogen-bond acceptors (Lipinski definition) is 3. The largest absolute Gasteiger partial charge is 0.480 e. The summed E-state index contributed by atoms with van der Waals surface area (Å²) in [6.07, 6.45) is 7.30. The molecule has 1 fully saturated rings. The summed E-state index contributed by atoms with van der Waals surface area (Å²) < 4.78 is 0. The highest BCUT2D eigenvalue weighted by atomic mass is 16.4. The molecule has 0 aromatic heterocycles. The van der Waals surface area contributed by atoms with Crippen LogP contribution < -0.4 is 10.6 Å². The third-order valence-corrected chi connectivity index (χ3v) is 3.64. The van der Waals surface area contributed by atoms with E-state index in [4.69, 9.17) is 11.5 Å². The van der Waals surface area contributed by atoms with E-state index in [1.807, 2.05) is 6.92 Å². The van der Waals surface area contributed by atoms with Crippen molar-refractivity contribution in [2.24, 2.45) is 5.41 Å². The van der Waals surface area contributed by atoms with Crippen molar-refractivity contribution >= 4 is 11.9 Å². The lowest BCUT2D eigenvalue weighted by atomic mass is 9.75. The van der Waals surface area contributed by atoms with Crippen LogP contribution in [0.5, 0.6) is 0 Å². The fraction of sp³-hybridized carbons (Fsp3) is 0.692. The number of carbonyl (C=O) groups excluding carboxylic acids is 1. The quantitative estimate of drug-likeness (QED) is 0.617. The van der Waals surface area contributed by atoms with Crippen LogP contribution in [0, 0.1) is 17.8 Å². The molecule has 0 spiro atoms. The highest BCUT2D eigenvalue weighted by Gasteiger charge is 2.39. The normalized spacial score (nSPS) is 19.6. The number of carboxylic acid groups (broad SMARTS) is 1. The van der Waals surface area contributed by atoms with Gasteiger partial charge in [0.2, 0.25) is 5.91 Å². The first-order valence-corrected chi connectivity index (χ1v) is 6.23. The average molecular weight is 252 g/mol. The molecule has 1 unspecified atom stereocenters. The lowest BCUT2D eigenvalue weighted by molar-refractivity contribution is -0.144. The van der Waals surface area contributed by atoms with Crippen LogP contribution in [0.4, 0.5) is 0 Å². The summed E-state index contributed by atoms with van der Waals surface area (Å²) >= 11 is 0. The Labute approximate surface area is 107 Å². The lowest BCUT2D eigenvalue weighted by Crippen LogP contribution is -2.51. The fourth-order valence-electron chi connectivity index (χ4n) is 2.28. The molecule has 18 heavy (non-hydrogen) atoms. The number of hydrogen-bond donors (Lipinski definition) is 3. The summed E-state index contributed by atoms with van der Waals surface area (Å²) in [6, 6.07) is -0.985. The first kappa shape index (κ1) is 14.5. The van der Waals surface area contributed by atoms with Crippen LogP contribution in [0.15, 0.2) is 0 Å². The molecule has 0 aliphatic carbocycles. The molecule has 1 heterocycles. The van der Waals surface area contributed by atoms with Crippen molar-refractivity contribution in [3.8, 4) is 12.3 Å². The molecule has 1 atom stereocenters. The molecule has 0 bridgehead atoms. The molecule has 0 aromatic carbocycles. The minimum absolute atomic E-state index is 0.0130. The number of terminal acetylenes is 1. The van der Waals surface area contributed by atoms with Crippen molar-refractivity contribution in [3.63, 3.8) is 0 Å². The number of aliphatic carboxylic acids is 1. The molecule has 1 rings (SSSR count). The Morgan fingerprint density at radius 2 is 2.11 bits per heavy atom. The second-order valence-electron chi connectivity index (χ2n) is 4.66. The number of amides is 1. The summed E-state index contributed by atoms with van der Waals surface area (Å²) in [4.78, 5) is 23.2. The second kappa shape index (κ2) is 6.41. The number of piperidine rings is 1. The summed E-state index contributed by atoms with van der Waals surface area (Å²) in [5, 5.41) is 14.8. The van der Waals surface area contributed by atoms with Crippen LogP contribution in [0.25, 0.3) is 0 Å². The van der Waals surface area contributed by atoms with Gasteiger partial charge in [0, 0.05) is 6.42 Å². The fourth-order valence-corrected chi connectivity index (χ4v) is 2.28. The molecule has 0 radical (unpaired) electrons. The zero-order valence-corrected chi connectivity index (χ0v) is 10.7. The van der Waals surface area contributed by atoms with Gasteiger partial charge in [0.05, 0.1) is 5.41 Å². The summed E-state index contributed by atoms with van der Waals surface area (Å²) in [5.41, 5.74) is -0.451. The van der Waals surface area contributed by atoms with E-state index >= 15 is 0 Å². The molecule has 5 nitrogen and oxygen atoms in total.